The van der Waals surface area contributed by atoms with E-state index in [0.717, 1.165) is 19.2 Å². The van der Waals surface area contributed by atoms with Crippen molar-refractivity contribution in [1.82, 2.24) is 10.2 Å². The monoisotopic (exact) mass is 334 g/mol. The number of carbonyl (C=O) groups excluding carboxylic acids is 1. The van der Waals surface area contributed by atoms with Gasteiger partial charge in [0, 0.05) is 25.7 Å². The minimum atomic E-state index is -0.510. The average Bonchev–Trinajstić information content (AvgIpc) is 2.57. The Hall–Kier alpha value is -2.17. The summed E-state index contributed by atoms with van der Waals surface area (Å²) < 4.78 is 18.5. The molecule has 2 rings (SSSR count). The van der Waals surface area contributed by atoms with E-state index in [4.69, 9.17) is 10.00 Å². The molecule has 130 valence electrons. The van der Waals surface area contributed by atoms with E-state index in [2.05, 4.69) is 29.4 Å². The molecule has 24 heavy (non-hydrogen) atoms. The van der Waals surface area contributed by atoms with Crippen LogP contribution in [0.2, 0.25) is 0 Å². The zero-order valence-electron chi connectivity index (χ0n) is 14.0. The molecular formula is C17H23FN4O2. The lowest BCUT2D eigenvalue weighted by atomic mass is 10.0. The Labute approximate surface area is 141 Å². The Balaban J connectivity index is 1.92. The van der Waals surface area contributed by atoms with Crippen LogP contribution in [0, 0.1) is 23.1 Å². The third-order valence-electron chi connectivity index (χ3n) is 4.11. The van der Waals surface area contributed by atoms with Gasteiger partial charge >= 0.3 is 6.03 Å². The van der Waals surface area contributed by atoms with Crippen LogP contribution in [0.15, 0.2) is 18.2 Å². The summed E-state index contributed by atoms with van der Waals surface area (Å²) in [5.41, 5.74) is 0.391. The molecule has 7 heteroatoms. The Morgan fingerprint density at radius 1 is 1.42 bits per heavy atom. The fourth-order valence-electron chi connectivity index (χ4n) is 2.78. The molecule has 1 unspecified atom stereocenters. The number of rotatable bonds is 5. The van der Waals surface area contributed by atoms with Gasteiger partial charge in [-0.1, -0.05) is 13.8 Å². The lowest BCUT2D eigenvalue weighted by Crippen LogP contribution is -2.51. The summed E-state index contributed by atoms with van der Waals surface area (Å²) in [6, 6.07) is 5.37. The van der Waals surface area contributed by atoms with Gasteiger partial charge in [-0.15, -0.1) is 0 Å². The number of nitrogens with zero attached hydrogens (tertiary/aromatic N) is 2. The Morgan fingerprint density at radius 2 is 2.12 bits per heavy atom. The number of ether oxygens (including phenoxy) is 1. The van der Waals surface area contributed by atoms with Crippen LogP contribution in [-0.4, -0.2) is 49.8 Å². The first-order chi connectivity index (χ1) is 11.5. The molecule has 0 aliphatic carbocycles. The van der Waals surface area contributed by atoms with E-state index in [-0.39, 0.29) is 11.6 Å². The maximum absolute atomic E-state index is 13.1. The predicted octanol–water partition coefficient (Wildman–Crippen LogP) is 2.18. The van der Waals surface area contributed by atoms with Gasteiger partial charge in [0.25, 0.3) is 0 Å². The van der Waals surface area contributed by atoms with Gasteiger partial charge < -0.3 is 15.4 Å². The molecule has 1 aromatic rings. The van der Waals surface area contributed by atoms with Crippen LogP contribution in [0.25, 0.3) is 0 Å². The number of benzene rings is 1. The zero-order chi connectivity index (χ0) is 17.5. The summed E-state index contributed by atoms with van der Waals surface area (Å²) in [4.78, 5) is 14.4. The quantitative estimate of drug-likeness (QED) is 0.865. The maximum atomic E-state index is 13.1. The smallest absolute Gasteiger partial charge is 0.319 e. The standard InChI is InChI=1S/C17H23FN4O2/c1-12(2)16(22-5-7-24-8-6-22)11-20-17(23)21-15-4-3-14(18)9-13(15)10-19/h3-4,9,12,16H,5-8,11H2,1-2H3,(H2,20,21,23). The zero-order valence-corrected chi connectivity index (χ0v) is 14.0. The van der Waals surface area contributed by atoms with Gasteiger partial charge in [-0.25, -0.2) is 9.18 Å². The molecule has 1 aromatic carbocycles. The van der Waals surface area contributed by atoms with E-state index in [0.29, 0.717) is 31.4 Å². The molecule has 2 N–H and O–H groups in total. The van der Waals surface area contributed by atoms with E-state index >= 15 is 0 Å². The molecule has 1 heterocycles. The fourth-order valence-corrected chi connectivity index (χ4v) is 2.78. The summed E-state index contributed by atoms with van der Waals surface area (Å²) in [5, 5.41) is 14.5. The van der Waals surface area contributed by atoms with Crippen LogP contribution < -0.4 is 10.6 Å². The molecule has 6 nitrogen and oxygen atoms in total. The molecule has 0 saturated carbocycles. The number of amides is 2. The topological polar surface area (TPSA) is 77.4 Å². The number of halogens is 1. The lowest BCUT2D eigenvalue weighted by Gasteiger charge is -2.36. The van der Waals surface area contributed by atoms with E-state index in [9.17, 15) is 9.18 Å². The Morgan fingerprint density at radius 3 is 2.75 bits per heavy atom. The van der Waals surface area contributed by atoms with Gasteiger partial charge in [-0.2, -0.15) is 5.26 Å². The summed E-state index contributed by atoms with van der Waals surface area (Å²) in [7, 11) is 0. The van der Waals surface area contributed by atoms with Crippen LogP contribution in [0.3, 0.4) is 0 Å². The van der Waals surface area contributed by atoms with Crippen molar-refractivity contribution in [3.8, 4) is 6.07 Å². The molecular weight excluding hydrogens is 311 g/mol. The molecule has 1 aliphatic rings. The Bertz CT molecular complexity index is 609. The minimum absolute atomic E-state index is 0.0961. The number of urea groups is 1. The molecule has 1 saturated heterocycles. The average molecular weight is 334 g/mol. The molecule has 1 aliphatic heterocycles. The van der Waals surface area contributed by atoms with Crippen LogP contribution in [-0.2, 0) is 4.74 Å². The first kappa shape index (κ1) is 18.2. The molecule has 0 aromatic heterocycles. The number of morpholine rings is 1. The number of anilines is 1. The number of hydrogen-bond donors (Lipinski definition) is 2. The number of nitriles is 1. The lowest BCUT2D eigenvalue weighted by molar-refractivity contribution is 0.00728. The van der Waals surface area contributed by atoms with Gasteiger partial charge in [-0.3, -0.25) is 4.90 Å². The first-order valence-electron chi connectivity index (χ1n) is 8.07. The normalized spacial score (nSPS) is 16.5. The number of carbonyl (C=O) groups is 1. The van der Waals surface area contributed by atoms with E-state index < -0.39 is 11.8 Å². The van der Waals surface area contributed by atoms with Crippen LogP contribution >= 0.6 is 0 Å². The SMILES string of the molecule is CC(C)C(CNC(=O)Nc1ccc(F)cc1C#N)N1CCOCC1. The van der Waals surface area contributed by atoms with E-state index in [1.165, 1.54) is 12.1 Å². The van der Waals surface area contributed by atoms with Gasteiger partial charge in [-0.05, 0) is 24.1 Å². The molecule has 1 atom stereocenters. The largest absolute Gasteiger partial charge is 0.379 e. The number of hydrogen-bond acceptors (Lipinski definition) is 4. The second-order valence-electron chi connectivity index (χ2n) is 6.10. The molecule has 1 fully saturated rings. The van der Waals surface area contributed by atoms with Crippen molar-refractivity contribution in [3.63, 3.8) is 0 Å². The van der Waals surface area contributed by atoms with Crippen molar-refractivity contribution >= 4 is 11.7 Å². The third kappa shape index (κ3) is 4.91. The van der Waals surface area contributed by atoms with Crippen molar-refractivity contribution < 1.29 is 13.9 Å². The second kappa shape index (κ2) is 8.62. The Kier molecular flexibility index (Phi) is 6.53. The van der Waals surface area contributed by atoms with Gasteiger partial charge in [0.1, 0.15) is 11.9 Å². The van der Waals surface area contributed by atoms with Gasteiger partial charge in [0.2, 0.25) is 0 Å². The highest BCUT2D eigenvalue weighted by atomic mass is 19.1. The van der Waals surface area contributed by atoms with Crippen molar-refractivity contribution in [3.05, 3.63) is 29.6 Å². The van der Waals surface area contributed by atoms with Crippen molar-refractivity contribution in [2.24, 2.45) is 5.92 Å². The van der Waals surface area contributed by atoms with Gasteiger partial charge in [0.05, 0.1) is 24.5 Å². The fraction of sp³-hybridized carbons (Fsp3) is 0.529. The molecule has 2 amide bonds. The van der Waals surface area contributed by atoms with E-state index in [1.807, 2.05) is 6.07 Å². The minimum Gasteiger partial charge on any atom is -0.379 e. The van der Waals surface area contributed by atoms with Crippen molar-refractivity contribution in [2.75, 3.05) is 38.2 Å². The second-order valence-corrected chi connectivity index (χ2v) is 6.10. The van der Waals surface area contributed by atoms with Crippen LogP contribution in [0.4, 0.5) is 14.9 Å². The van der Waals surface area contributed by atoms with Crippen LogP contribution in [0.1, 0.15) is 19.4 Å². The summed E-state index contributed by atoms with van der Waals surface area (Å²) in [6.07, 6.45) is 0. The highest BCUT2D eigenvalue weighted by Gasteiger charge is 2.24. The van der Waals surface area contributed by atoms with E-state index in [1.54, 1.807) is 0 Å². The first-order valence-corrected chi connectivity index (χ1v) is 8.07. The maximum Gasteiger partial charge on any atom is 0.319 e. The summed E-state index contributed by atoms with van der Waals surface area (Å²) in [5.74, 6) is -0.131. The van der Waals surface area contributed by atoms with Gasteiger partial charge in [0.15, 0.2) is 0 Å². The molecule has 0 spiro atoms. The highest BCUT2D eigenvalue weighted by Crippen LogP contribution is 2.16. The van der Waals surface area contributed by atoms with Crippen molar-refractivity contribution in [2.45, 2.75) is 19.9 Å². The summed E-state index contributed by atoms with van der Waals surface area (Å²) >= 11 is 0. The third-order valence-corrected chi connectivity index (χ3v) is 4.11. The predicted molar refractivity (Wildman–Crippen MR) is 89.2 cm³/mol. The van der Waals surface area contributed by atoms with Crippen LogP contribution in [0.5, 0.6) is 0 Å². The van der Waals surface area contributed by atoms with Crippen molar-refractivity contribution in [1.29, 1.82) is 5.26 Å². The number of nitrogens with one attached hydrogen (secondary N) is 2. The molecule has 0 bridgehead atoms. The molecule has 0 radical (unpaired) electrons. The highest BCUT2D eigenvalue weighted by molar-refractivity contribution is 5.90. The summed E-state index contributed by atoms with van der Waals surface area (Å²) in [6.45, 7) is 7.84.